The number of benzene rings is 1. The highest BCUT2D eigenvalue weighted by molar-refractivity contribution is 6.34. The average molecular weight is 331 g/mol. The predicted octanol–water partition coefficient (Wildman–Crippen LogP) is 1.76. The molecule has 2 N–H and O–H groups in total. The molecule has 2 rings (SSSR count). The highest BCUT2D eigenvalue weighted by Gasteiger charge is 2.30. The minimum Gasteiger partial charge on any atom is -0.388 e. The Kier molecular flexibility index (Phi) is 5.08. The van der Waals surface area contributed by atoms with Crippen molar-refractivity contribution in [3.8, 4) is 0 Å². The Morgan fingerprint density at radius 2 is 1.90 bits per heavy atom. The first-order chi connectivity index (χ1) is 9.85. The summed E-state index contributed by atoms with van der Waals surface area (Å²) >= 11 is 11.7. The van der Waals surface area contributed by atoms with Crippen LogP contribution in [0.25, 0.3) is 0 Å². The monoisotopic (exact) mass is 330 g/mol. The Hall–Kier alpha value is -1.30. The number of carbonyl (C=O) groups is 2. The molecule has 1 aliphatic heterocycles. The Bertz CT molecular complexity index is 539. The number of rotatable bonds is 4. The number of aliphatic hydroxyl groups excluding tert-OH is 1. The first-order valence-corrected chi connectivity index (χ1v) is 7.29. The van der Waals surface area contributed by atoms with Gasteiger partial charge in [0.1, 0.15) is 0 Å². The van der Waals surface area contributed by atoms with Crippen molar-refractivity contribution in [3.63, 3.8) is 0 Å². The maximum Gasteiger partial charge on any atom is 0.223 e. The molecule has 1 aromatic carbocycles. The molecule has 7 heteroatoms. The Balaban J connectivity index is 1.84. The van der Waals surface area contributed by atoms with Gasteiger partial charge >= 0.3 is 0 Å². The highest BCUT2D eigenvalue weighted by atomic mass is 35.5. The third-order valence-corrected chi connectivity index (χ3v) is 3.78. The van der Waals surface area contributed by atoms with E-state index in [-0.39, 0.29) is 24.3 Å². The molecular formula is C14H16Cl2N2O3. The maximum absolute atomic E-state index is 11.8. The molecule has 114 valence electrons. The Labute approximate surface area is 132 Å². The van der Waals surface area contributed by atoms with Gasteiger partial charge in [0.15, 0.2) is 0 Å². The summed E-state index contributed by atoms with van der Waals surface area (Å²) in [6.07, 6.45) is -1.04. The van der Waals surface area contributed by atoms with Gasteiger partial charge in [0.2, 0.25) is 11.8 Å². The van der Waals surface area contributed by atoms with Crippen LogP contribution in [0.1, 0.15) is 25.0 Å². The van der Waals surface area contributed by atoms with E-state index in [1.54, 1.807) is 23.1 Å². The molecule has 0 saturated carbocycles. The number of halogens is 2. The van der Waals surface area contributed by atoms with E-state index < -0.39 is 6.10 Å². The molecule has 1 atom stereocenters. The third kappa shape index (κ3) is 4.33. The molecule has 0 aliphatic carbocycles. The molecule has 1 fully saturated rings. The van der Waals surface area contributed by atoms with Crippen LogP contribution in [-0.4, -0.2) is 41.0 Å². The molecule has 2 amide bonds. The molecule has 0 aromatic heterocycles. The van der Waals surface area contributed by atoms with Gasteiger partial charge in [-0.3, -0.25) is 9.59 Å². The summed E-state index contributed by atoms with van der Waals surface area (Å²) in [5, 5.41) is 13.6. The van der Waals surface area contributed by atoms with Gasteiger partial charge in [0, 0.05) is 30.1 Å². The van der Waals surface area contributed by atoms with Crippen LogP contribution in [0.5, 0.6) is 0 Å². The number of nitrogens with zero attached hydrogens (tertiary/aromatic N) is 1. The van der Waals surface area contributed by atoms with Crippen LogP contribution in [0.4, 0.5) is 0 Å². The van der Waals surface area contributed by atoms with Crippen LogP contribution in [-0.2, 0) is 9.59 Å². The third-order valence-electron chi connectivity index (χ3n) is 3.34. The van der Waals surface area contributed by atoms with Crippen LogP contribution in [0.15, 0.2) is 18.2 Å². The number of amides is 2. The molecular weight excluding hydrogens is 315 g/mol. The summed E-state index contributed by atoms with van der Waals surface area (Å²) in [6, 6.07) is 4.67. The zero-order valence-corrected chi connectivity index (χ0v) is 13.0. The summed E-state index contributed by atoms with van der Waals surface area (Å²) in [5.74, 6) is -0.277. The number of hydrogen-bond donors (Lipinski definition) is 2. The maximum atomic E-state index is 11.8. The fourth-order valence-electron chi connectivity index (χ4n) is 2.17. The van der Waals surface area contributed by atoms with Crippen molar-refractivity contribution in [2.24, 2.45) is 0 Å². The van der Waals surface area contributed by atoms with Crippen molar-refractivity contribution in [2.45, 2.75) is 25.5 Å². The van der Waals surface area contributed by atoms with E-state index in [1.807, 2.05) is 0 Å². The molecule has 1 unspecified atom stereocenters. The lowest BCUT2D eigenvalue weighted by molar-refractivity contribution is -0.136. The first kappa shape index (κ1) is 16.1. The summed E-state index contributed by atoms with van der Waals surface area (Å²) in [5.41, 5.74) is 0.502. The van der Waals surface area contributed by atoms with E-state index >= 15 is 0 Å². The first-order valence-electron chi connectivity index (χ1n) is 6.54. The van der Waals surface area contributed by atoms with Gasteiger partial charge in [-0.25, -0.2) is 0 Å². The standard InChI is InChI=1S/C14H16Cl2N2O3/c1-8(19)18-6-12(7-18)17-14(21)5-13(20)9-2-10(15)4-11(16)3-9/h2-4,12-13,20H,5-7H2,1H3,(H,17,21). The second kappa shape index (κ2) is 6.64. The van der Waals surface area contributed by atoms with Gasteiger partial charge < -0.3 is 15.3 Å². The molecule has 1 aliphatic rings. The van der Waals surface area contributed by atoms with Gasteiger partial charge in [0.05, 0.1) is 18.6 Å². The van der Waals surface area contributed by atoms with Crippen LogP contribution in [0.3, 0.4) is 0 Å². The van der Waals surface area contributed by atoms with Crippen molar-refractivity contribution in [2.75, 3.05) is 13.1 Å². The van der Waals surface area contributed by atoms with E-state index in [9.17, 15) is 14.7 Å². The quantitative estimate of drug-likeness (QED) is 0.883. The predicted molar refractivity (Wildman–Crippen MR) is 80.2 cm³/mol. The van der Waals surface area contributed by atoms with E-state index in [4.69, 9.17) is 23.2 Å². The SMILES string of the molecule is CC(=O)N1CC(NC(=O)CC(O)c2cc(Cl)cc(Cl)c2)C1. The molecule has 1 saturated heterocycles. The summed E-state index contributed by atoms with van der Waals surface area (Å²) in [4.78, 5) is 24.5. The fraction of sp³-hybridized carbons (Fsp3) is 0.429. The van der Waals surface area contributed by atoms with Crippen LogP contribution < -0.4 is 5.32 Å². The van der Waals surface area contributed by atoms with Crippen molar-refractivity contribution in [1.29, 1.82) is 0 Å². The lowest BCUT2D eigenvalue weighted by Crippen LogP contribution is -2.60. The van der Waals surface area contributed by atoms with E-state index in [0.717, 1.165) is 0 Å². The van der Waals surface area contributed by atoms with Gasteiger partial charge in [-0.2, -0.15) is 0 Å². The molecule has 0 spiro atoms. The Morgan fingerprint density at radius 1 is 1.33 bits per heavy atom. The van der Waals surface area contributed by atoms with E-state index in [1.165, 1.54) is 6.92 Å². The zero-order valence-electron chi connectivity index (χ0n) is 11.5. The summed E-state index contributed by atoms with van der Waals surface area (Å²) < 4.78 is 0. The van der Waals surface area contributed by atoms with Gasteiger partial charge in [-0.05, 0) is 23.8 Å². The number of hydrogen-bond acceptors (Lipinski definition) is 3. The Morgan fingerprint density at radius 3 is 2.43 bits per heavy atom. The molecule has 21 heavy (non-hydrogen) atoms. The smallest absolute Gasteiger partial charge is 0.223 e. The van der Waals surface area contributed by atoms with Crippen molar-refractivity contribution in [3.05, 3.63) is 33.8 Å². The fourth-order valence-corrected chi connectivity index (χ4v) is 2.72. The van der Waals surface area contributed by atoms with Crippen molar-refractivity contribution in [1.82, 2.24) is 10.2 Å². The largest absolute Gasteiger partial charge is 0.388 e. The van der Waals surface area contributed by atoms with Gasteiger partial charge in [-0.15, -0.1) is 0 Å². The molecule has 0 radical (unpaired) electrons. The number of carbonyl (C=O) groups excluding carboxylic acids is 2. The lowest BCUT2D eigenvalue weighted by atomic mass is 10.0. The van der Waals surface area contributed by atoms with Crippen LogP contribution in [0.2, 0.25) is 10.0 Å². The number of aliphatic hydroxyl groups is 1. The summed E-state index contributed by atoms with van der Waals surface area (Å²) in [6.45, 7) is 2.52. The topological polar surface area (TPSA) is 69.6 Å². The molecule has 1 heterocycles. The van der Waals surface area contributed by atoms with Crippen LogP contribution >= 0.6 is 23.2 Å². The molecule has 1 aromatic rings. The van der Waals surface area contributed by atoms with Crippen molar-refractivity contribution >= 4 is 35.0 Å². The van der Waals surface area contributed by atoms with E-state index in [0.29, 0.717) is 28.7 Å². The van der Waals surface area contributed by atoms with Gasteiger partial charge in [-0.1, -0.05) is 23.2 Å². The second-order valence-corrected chi connectivity index (χ2v) is 5.98. The number of likely N-dealkylation sites (tertiary alicyclic amines) is 1. The highest BCUT2D eigenvalue weighted by Crippen LogP contribution is 2.25. The average Bonchev–Trinajstić information content (AvgIpc) is 2.31. The molecule has 0 bridgehead atoms. The normalized spacial score (nSPS) is 16.3. The van der Waals surface area contributed by atoms with Crippen LogP contribution in [0, 0.1) is 0 Å². The van der Waals surface area contributed by atoms with Gasteiger partial charge in [0.25, 0.3) is 0 Å². The van der Waals surface area contributed by atoms with E-state index in [2.05, 4.69) is 5.32 Å². The van der Waals surface area contributed by atoms with Crippen molar-refractivity contribution < 1.29 is 14.7 Å². The second-order valence-electron chi connectivity index (χ2n) is 5.11. The zero-order chi connectivity index (χ0) is 15.6. The minimum atomic E-state index is -0.967. The molecule has 5 nitrogen and oxygen atoms in total. The minimum absolute atomic E-state index is 0.00546. The number of nitrogens with one attached hydrogen (secondary N) is 1. The lowest BCUT2D eigenvalue weighted by Gasteiger charge is -2.39. The summed E-state index contributed by atoms with van der Waals surface area (Å²) in [7, 11) is 0.